The van der Waals surface area contributed by atoms with Crippen LogP contribution in [0.15, 0.2) is 51.7 Å². The molecule has 0 spiro atoms. The summed E-state index contributed by atoms with van der Waals surface area (Å²) in [4.78, 5) is 12.7. The van der Waals surface area contributed by atoms with Gasteiger partial charge in [-0.25, -0.2) is 9.52 Å². The lowest BCUT2D eigenvalue weighted by molar-refractivity contribution is 0.195. The minimum atomic E-state index is -3.66. The largest absolute Gasteiger partial charge is 0.423 e. The number of hydrogen-bond donors (Lipinski definition) is 3. The van der Waals surface area contributed by atoms with Crippen molar-refractivity contribution in [2.75, 3.05) is 11.8 Å². The first-order valence-corrected chi connectivity index (χ1v) is 10.8. The number of hydrogen-bond acceptors (Lipinski definition) is 5. The van der Waals surface area contributed by atoms with Crippen LogP contribution in [0.2, 0.25) is 5.02 Å². The molecule has 0 radical (unpaired) electrons. The van der Waals surface area contributed by atoms with E-state index in [4.69, 9.17) is 16.0 Å². The summed E-state index contributed by atoms with van der Waals surface area (Å²) in [6.45, 7) is 1.64. The van der Waals surface area contributed by atoms with Crippen LogP contribution >= 0.6 is 11.6 Å². The van der Waals surface area contributed by atoms with Gasteiger partial charge in [-0.3, -0.25) is 4.72 Å². The predicted octanol–water partition coefficient (Wildman–Crippen LogP) is 2.84. The van der Waals surface area contributed by atoms with Gasteiger partial charge < -0.3 is 9.52 Å². The fourth-order valence-electron chi connectivity index (χ4n) is 3.14. The van der Waals surface area contributed by atoms with E-state index in [9.17, 15) is 18.3 Å². The molecule has 1 unspecified atom stereocenters. The summed E-state index contributed by atoms with van der Waals surface area (Å²) in [6.07, 6.45) is -0.210. The Morgan fingerprint density at radius 2 is 1.93 bits per heavy atom. The van der Waals surface area contributed by atoms with Gasteiger partial charge in [-0.2, -0.15) is 8.42 Å². The molecule has 154 valence electrons. The van der Waals surface area contributed by atoms with Crippen LogP contribution in [-0.4, -0.2) is 26.7 Å². The summed E-state index contributed by atoms with van der Waals surface area (Å²) in [5.74, 6) is 0. The third kappa shape index (κ3) is 5.16. The summed E-state index contributed by atoms with van der Waals surface area (Å²) in [6, 6.07) is 11.7. The highest BCUT2D eigenvalue weighted by molar-refractivity contribution is 7.90. The molecule has 0 fully saturated rings. The van der Waals surface area contributed by atoms with Gasteiger partial charge in [-0.15, -0.1) is 0 Å². The van der Waals surface area contributed by atoms with Gasteiger partial charge >= 0.3 is 5.63 Å². The second kappa shape index (κ2) is 8.54. The third-order valence-electron chi connectivity index (χ3n) is 4.41. The van der Waals surface area contributed by atoms with Crippen molar-refractivity contribution < 1.29 is 17.9 Å². The minimum Gasteiger partial charge on any atom is -0.423 e. The van der Waals surface area contributed by atoms with Crippen LogP contribution in [0.25, 0.3) is 11.0 Å². The number of benzene rings is 2. The number of anilines is 1. The number of aliphatic hydroxyl groups excluding tert-OH is 1. The Hall–Kier alpha value is -2.39. The van der Waals surface area contributed by atoms with Crippen LogP contribution in [0.5, 0.6) is 0 Å². The Labute approximate surface area is 173 Å². The predicted molar refractivity (Wildman–Crippen MR) is 114 cm³/mol. The second-order valence-electron chi connectivity index (χ2n) is 6.73. The van der Waals surface area contributed by atoms with Crippen LogP contribution in [0.4, 0.5) is 5.69 Å². The number of halogens is 1. The van der Waals surface area contributed by atoms with E-state index in [0.717, 1.165) is 0 Å². The third-order valence-corrected chi connectivity index (χ3v) is 5.69. The molecule has 1 atom stereocenters. The first kappa shape index (κ1) is 21.3. The normalized spacial score (nSPS) is 12.8. The molecule has 1 heterocycles. The minimum absolute atomic E-state index is 0.210. The Kier molecular flexibility index (Phi) is 6.28. The highest BCUT2D eigenvalue weighted by atomic mass is 35.5. The fourth-order valence-corrected chi connectivity index (χ4v) is 3.85. The van der Waals surface area contributed by atoms with Crippen molar-refractivity contribution in [1.29, 1.82) is 0 Å². The molecule has 1 aromatic heterocycles. The molecule has 3 aromatic rings. The maximum Gasteiger partial charge on any atom is 0.340 e. The molecule has 0 saturated carbocycles. The lowest BCUT2D eigenvalue weighted by Crippen LogP contribution is -2.26. The van der Waals surface area contributed by atoms with E-state index in [0.29, 0.717) is 38.4 Å². The first-order chi connectivity index (χ1) is 13.7. The molecule has 0 bridgehead atoms. The molecular formula is C20H21ClN2O5S. The average molecular weight is 437 g/mol. The fraction of sp³-hybridized carbons (Fsp3) is 0.250. The maximum atomic E-state index is 12.7. The van der Waals surface area contributed by atoms with Gasteiger partial charge in [-0.1, -0.05) is 23.7 Å². The maximum absolute atomic E-state index is 12.7. The highest BCUT2D eigenvalue weighted by Crippen LogP contribution is 2.27. The highest BCUT2D eigenvalue weighted by Gasteiger charge is 2.17. The summed E-state index contributed by atoms with van der Waals surface area (Å²) < 4.78 is 33.5. The van der Waals surface area contributed by atoms with Gasteiger partial charge in [0.15, 0.2) is 0 Å². The Bertz CT molecular complexity index is 1210. The van der Waals surface area contributed by atoms with Crippen LogP contribution in [0.1, 0.15) is 23.6 Å². The van der Waals surface area contributed by atoms with Crippen molar-refractivity contribution in [3.63, 3.8) is 0 Å². The number of rotatable bonds is 7. The lowest BCUT2D eigenvalue weighted by atomic mass is 9.95. The van der Waals surface area contributed by atoms with E-state index in [2.05, 4.69) is 9.44 Å². The van der Waals surface area contributed by atoms with Crippen LogP contribution < -0.4 is 15.1 Å². The Balaban J connectivity index is 2.08. The standard InChI is InChI=1S/C20H21ClN2O5S/c1-12(24)8-16-17-11-14(21)6-7-19(17)28-20(25)18(16)10-13-4-3-5-15(9-13)23-29(26,27)22-2/h3-7,9,11-12,22-24H,8,10H2,1-2H3. The molecule has 0 aliphatic carbocycles. The summed E-state index contributed by atoms with van der Waals surface area (Å²) in [5, 5.41) is 11.1. The first-order valence-electron chi connectivity index (χ1n) is 8.91. The zero-order chi connectivity index (χ0) is 21.2. The van der Waals surface area contributed by atoms with E-state index < -0.39 is 21.9 Å². The summed E-state index contributed by atoms with van der Waals surface area (Å²) in [5.41, 5.74) is 2.03. The topological polar surface area (TPSA) is 109 Å². The number of nitrogens with one attached hydrogen (secondary N) is 2. The van der Waals surface area contributed by atoms with Crippen molar-refractivity contribution in [1.82, 2.24) is 4.72 Å². The van der Waals surface area contributed by atoms with E-state index in [-0.39, 0.29) is 12.8 Å². The van der Waals surface area contributed by atoms with E-state index in [1.807, 2.05) is 0 Å². The van der Waals surface area contributed by atoms with Crippen molar-refractivity contribution in [2.24, 2.45) is 0 Å². The molecule has 9 heteroatoms. The van der Waals surface area contributed by atoms with Crippen LogP contribution in [0.3, 0.4) is 0 Å². The molecule has 3 N–H and O–H groups in total. The summed E-state index contributed by atoms with van der Waals surface area (Å²) in [7, 11) is -2.35. The molecular weight excluding hydrogens is 416 g/mol. The molecule has 29 heavy (non-hydrogen) atoms. The molecule has 3 rings (SSSR count). The van der Waals surface area contributed by atoms with Gasteiger partial charge in [0.1, 0.15) is 5.58 Å². The van der Waals surface area contributed by atoms with E-state index in [1.165, 1.54) is 7.05 Å². The lowest BCUT2D eigenvalue weighted by Gasteiger charge is -2.14. The van der Waals surface area contributed by atoms with Crippen LogP contribution in [-0.2, 0) is 23.1 Å². The van der Waals surface area contributed by atoms with Gasteiger partial charge in [0.2, 0.25) is 0 Å². The van der Waals surface area contributed by atoms with E-state index in [1.54, 1.807) is 49.4 Å². The number of aliphatic hydroxyl groups is 1. The van der Waals surface area contributed by atoms with Gasteiger partial charge in [-0.05, 0) is 54.8 Å². The number of fused-ring (bicyclic) bond motifs is 1. The summed E-state index contributed by atoms with van der Waals surface area (Å²) >= 11 is 6.12. The smallest absolute Gasteiger partial charge is 0.340 e. The Morgan fingerprint density at radius 3 is 2.62 bits per heavy atom. The zero-order valence-electron chi connectivity index (χ0n) is 15.9. The Morgan fingerprint density at radius 1 is 1.17 bits per heavy atom. The van der Waals surface area contributed by atoms with Crippen LogP contribution in [0, 0.1) is 0 Å². The average Bonchev–Trinajstić information content (AvgIpc) is 2.65. The SMILES string of the molecule is CNS(=O)(=O)Nc1cccc(Cc2c(CC(C)O)c3cc(Cl)ccc3oc2=O)c1. The van der Waals surface area contributed by atoms with Gasteiger partial charge in [0.05, 0.1) is 11.8 Å². The van der Waals surface area contributed by atoms with E-state index >= 15 is 0 Å². The molecule has 0 saturated heterocycles. The van der Waals surface area contributed by atoms with Crippen molar-refractivity contribution in [3.8, 4) is 0 Å². The zero-order valence-corrected chi connectivity index (χ0v) is 17.5. The van der Waals surface area contributed by atoms with Crippen molar-refractivity contribution in [2.45, 2.75) is 25.9 Å². The molecule has 2 aromatic carbocycles. The monoisotopic (exact) mass is 436 g/mol. The van der Waals surface area contributed by atoms with Crippen molar-refractivity contribution >= 4 is 38.5 Å². The van der Waals surface area contributed by atoms with Gasteiger partial charge in [0.25, 0.3) is 10.2 Å². The quantitative estimate of drug-likeness (QED) is 0.493. The molecule has 0 aliphatic rings. The molecule has 7 nitrogen and oxygen atoms in total. The second-order valence-corrected chi connectivity index (χ2v) is 8.78. The van der Waals surface area contributed by atoms with Gasteiger partial charge in [0, 0.05) is 29.4 Å². The molecule has 0 amide bonds. The van der Waals surface area contributed by atoms with Crippen molar-refractivity contribution in [3.05, 3.63) is 74.6 Å². The molecule has 0 aliphatic heterocycles.